The maximum atomic E-state index is 11.1. The number of nitro groups is 1. The van der Waals surface area contributed by atoms with Crippen molar-refractivity contribution in [3.8, 4) is 0 Å². The third-order valence-corrected chi connectivity index (χ3v) is 3.82. The van der Waals surface area contributed by atoms with Crippen LogP contribution in [0.3, 0.4) is 0 Å². The summed E-state index contributed by atoms with van der Waals surface area (Å²) in [6.45, 7) is 3.94. The number of hydrogen-bond acceptors (Lipinski definition) is 7. The average molecular weight is 291 g/mol. The Morgan fingerprint density at radius 2 is 2.10 bits per heavy atom. The monoisotopic (exact) mass is 291 g/mol. The predicted molar refractivity (Wildman–Crippen MR) is 76.5 cm³/mol. The summed E-state index contributed by atoms with van der Waals surface area (Å²) in [6.07, 6.45) is 1.24. The molecule has 104 valence electrons. The van der Waals surface area contributed by atoms with E-state index in [-0.39, 0.29) is 16.5 Å². The molecule has 0 fully saturated rings. The van der Waals surface area contributed by atoms with Gasteiger partial charge in [-0.15, -0.1) is 0 Å². The van der Waals surface area contributed by atoms with Crippen LogP contribution in [0.15, 0.2) is 34.4 Å². The summed E-state index contributed by atoms with van der Waals surface area (Å²) in [6, 6.07) is 5.87. The first-order valence-electron chi connectivity index (χ1n) is 5.74. The lowest BCUT2D eigenvalue weighted by atomic mass is 10.2. The van der Waals surface area contributed by atoms with Gasteiger partial charge in [0.15, 0.2) is 5.03 Å². The van der Waals surface area contributed by atoms with Crippen molar-refractivity contribution in [2.75, 3.05) is 5.43 Å². The van der Waals surface area contributed by atoms with Gasteiger partial charge in [0, 0.05) is 4.90 Å². The molecule has 0 aliphatic heterocycles. The predicted octanol–water partition coefficient (Wildman–Crippen LogP) is 2.44. The standard InChI is InChI=1S/C12H13N5O2S/c1-7-3-4-9(8(2)5-7)20-12-10(17(18)19)11(16-13)14-6-15-12/h3-6H,13H2,1-2H3,(H,14,15,16). The largest absolute Gasteiger partial charge is 0.344 e. The second kappa shape index (κ2) is 5.85. The highest BCUT2D eigenvalue weighted by Crippen LogP contribution is 2.37. The molecule has 1 heterocycles. The number of nitrogen functional groups attached to an aromatic ring is 1. The molecule has 0 unspecified atom stereocenters. The van der Waals surface area contributed by atoms with Crippen molar-refractivity contribution >= 4 is 23.3 Å². The molecule has 0 bridgehead atoms. The minimum Gasteiger partial charge on any atom is -0.303 e. The van der Waals surface area contributed by atoms with E-state index >= 15 is 0 Å². The summed E-state index contributed by atoms with van der Waals surface area (Å²) in [5, 5.41) is 11.4. The number of hydrogen-bond donors (Lipinski definition) is 2. The maximum Gasteiger partial charge on any atom is 0.344 e. The van der Waals surface area contributed by atoms with Crippen LogP contribution < -0.4 is 11.3 Å². The Bertz CT molecular complexity index is 662. The number of benzene rings is 1. The van der Waals surface area contributed by atoms with Gasteiger partial charge in [0.1, 0.15) is 6.33 Å². The smallest absolute Gasteiger partial charge is 0.303 e. The van der Waals surface area contributed by atoms with E-state index in [1.165, 1.54) is 18.1 Å². The first-order chi connectivity index (χ1) is 9.52. The van der Waals surface area contributed by atoms with Gasteiger partial charge < -0.3 is 5.43 Å². The highest BCUT2D eigenvalue weighted by atomic mass is 32.2. The molecule has 8 heteroatoms. The van der Waals surface area contributed by atoms with Gasteiger partial charge in [0.25, 0.3) is 0 Å². The highest BCUT2D eigenvalue weighted by molar-refractivity contribution is 7.99. The molecule has 0 spiro atoms. The Labute approximate surface area is 119 Å². The van der Waals surface area contributed by atoms with Crippen LogP contribution in [-0.2, 0) is 0 Å². The topological polar surface area (TPSA) is 107 Å². The molecule has 0 radical (unpaired) electrons. The Morgan fingerprint density at radius 3 is 2.70 bits per heavy atom. The maximum absolute atomic E-state index is 11.1. The van der Waals surface area contributed by atoms with E-state index in [1.54, 1.807) is 0 Å². The van der Waals surface area contributed by atoms with Crippen LogP contribution in [-0.4, -0.2) is 14.9 Å². The molecule has 0 amide bonds. The second-order valence-corrected chi connectivity index (χ2v) is 5.18. The van der Waals surface area contributed by atoms with E-state index in [2.05, 4.69) is 15.4 Å². The van der Waals surface area contributed by atoms with E-state index < -0.39 is 4.92 Å². The number of nitrogens with two attached hydrogens (primary N) is 1. The highest BCUT2D eigenvalue weighted by Gasteiger charge is 2.23. The first kappa shape index (κ1) is 14.2. The summed E-state index contributed by atoms with van der Waals surface area (Å²) in [5.41, 5.74) is 4.16. The van der Waals surface area contributed by atoms with Gasteiger partial charge in [0.2, 0.25) is 5.82 Å². The SMILES string of the molecule is Cc1ccc(Sc2ncnc(NN)c2[N+](=O)[O-])c(C)c1. The number of rotatable bonds is 4. The molecule has 2 rings (SSSR count). The van der Waals surface area contributed by atoms with Crippen molar-refractivity contribution in [2.45, 2.75) is 23.8 Å². The molecule has 0 aliphatic rings. The molecule has 1 aromatic heterocycles. The van der Waals surface area contributed by atoms with Gasteiger partial charge in [-0.3, -0.25) is 10.1 Å². The van der Waals surface area contributed by atoms with Gasteiger partial charge in [-0.05, 0) is 25.5 Å². The van der Waals surface area contributed by atoms with Gasteiger partial charge in [-0.25, -0.2) is 15.8 Å². The van der Waals surface area contributed by atoms with Crippen molar-refractivity contribution in [2.24, 2.45) is 5.84 Å². The van der Waals surface area contributed by atoms with Crippen molar-refractivity contribution in [3.63, 3.8) is 0 Å². The van der Waals surface area contributed by atoms with Crippen molar-refractivity contribution in [1.29, 1.82) is 0 Å². The summed E-state index contributed by atoms with van der Waals surface area (Å²) in [7, 11) is 0. The van der Waals surface area contributed by atoms with E-state index in [4.69, 9.17) is 5.84 Å². The Morgan fingerprint density at radius 1 is 1.35 bits per heavy atom. The number of hydrazine groups is 1. The number of aryl methyl sites for hydroxylation is 2. The normalized spacial score (nSPS) is 10.3. The van der Waals surface area contributed by atoms with E-state index in [0.29, 0.717) is 0 Å². The zero-order chi connectivity index (χ0) is 14.7. The summed E-state index contributed by atoms with van der Waals surface area (Å²) < 4.78 is 0. The van der Waals surface area contributed by atoms with Crippen LogP contribution in [0.25, 0.3) is 0 Å². The Kier molecular flexibility index (Phi) is 4.16. The van der Waals surface area contributed by atoms with Gasteiger partial charge in [0.05, 0.1) is 4.92 Å². The van der Waals surface area contributed by atoms with Crippen molar-refractivity contribution < 1.29 is 4.92 Å². The van der Waals surface area contributed by atoms with Gasteiger partial charge >= 0.3 is 5.69 Å². The molecule has 7 nitrogen and oxygen atoms in total. The minimum absolute atomic E-state index is 0.00253. The van der Waals surface area contributed by atoms with Crippen LogP contribution in [0, 0.1) is 24.0 Å². The third kappa shape index (κ3) is 2.86. The molecular formula is C12H13N5O2S. The average Bonchev–Trinajstić information content (AvgIpc) is 2.41. The lowest BCUT2D eigenvalue weighted by Gasteiger charge is -2.07. The fourth-order valence-electron chi connectivity index (χ4n) is 1.73. The number of anilines is 1. The molecule has 0 saturated carbocycles. The molecule has 3 N–H and O–H groups in total. The van der Waals surface area contributed by atoms with Crippen LogP contribution in [0.4, 0.5) is 11.5 Å². The zero-order valence-corrected chi connectivity index (χ0v) is 11.8. The van der Waals surface area contributed by atoms with Crippen LogP contribution in [0.2, 0.25) is 0 Å². The molecule has 0 saturated heterocycles. The molecule has 20 heavy (non-hydrogen) atoms. The molecule has 0 atom stereocenters. The zero-order valence-electron chi connectivity index (χ0n) is 11.0. The molecule has 2 aromatic rings. The van der Waals surface area contributed by atoms with Crippen LogP contribution in [0.5, 0.6) is 0 Å². The Balaban J connectivity index is 2.45. The third-order valence-electron chi connectivity index (χ3n) is 2.65. The quantitative estimate of drug-likeness (QED) is 0.385. The van der Waals surface area contributed by atoms with E-state index in [1.807, 2.05) is 32.0 Å². The number of nitrogens with one attached hydrogen (secondary N) is 1. The Hall–Kier alpha value is -2.19. The molecular weight excluding hydrogens is 278 g/mol. The van der Waals surface area contributed by atoms with E-state index in [0.717, 1.165) is 16.0 Å². The molecule has 0 aliphatic carbocycles. The van der Waals surface area contributed by atoms with E-state index in [9.17, 15) is 10.1 Å². The molecule has 1 aromatic carbocycles. The van der Waals surface area contributed by atoms with Crippen molar-refractivity contribution in [3.05, 3.63) is 45.8 Å². The van der Waals surface area contributed by atoms with Crippen LogP contribution >= 0.6 is 11.8 Å². The minimum atomic E-state index is -0.541. The fraction of sp³-hybridized carbons (Fsp3) is 0.167. The lowest BCUT2D eigenvalue weighted by Crippen LogP contribution is -2.12. The number of aromatic nitrogens is 2. The number of nitrogens with zero attached hydrogens (tertiary/aromatic N) is 3. The summed E-state index contributed by atoms with van der Waals surface area (Å²) in [5.74, 6) is 5.24. The summed E-state index contributed by atoms with van der Waals surface area (Å²) >= 11 is 1.22. The van der Waals surface area contributed by atoms with Crippen molar-refractivity contribution in [1.82, 2.24) is 9.97 Å². The van der Waals surface area contributed by atoms with Crippen LogP contribution in [0.1, 0.15) is 11.1 Å². The first-order valence-corrected chi connectivity index (χ1v) is 6.55. The second-order valence-electron chi connectivity index (χ2n) is 4.15. The van der Waals surface area contributed by atoms with Gasteiger partial charge in [-0.2, -0.15) is 0 Å². The summed E-state index contributed by atoms with van der Waals surface area (Å²) in [4.78, 5) is 19.2. The van der Waals surface area contributed by atoms with Gasteiger partial charge in [-0.1, -0.05) is 29.5 Å². The fourth-order valence-corrected chi connectivity index (χ4v) is 2.66. The lowest BCUT2D eigenvalue weighted by molar-refractivity contribution is -0.387.